The Bertz CT molecular complexity index is 1320. The number of anilines is 1. The molecule has 7 heteroatoms. The van der Waals surface area contributed by atoms with Gasteiger partial charge < -0.3 is 20.3 Å². The van der Waals surface area contributed by atoms with Crippen molar-refractivity contribution in [3.05, 3.63) is 77.9 Å². The molecule has 198 valence electrons. The van der Waals surface area contributed by atoms with Crippen LogP contribution in [0, 0.1) is 12.3 Å². The highest BCUT2D eigenvalue weighted by Crippen LogP contribution is 2.26. The van der Waals surface area contributed by atoms with Crippen molar-refractivity contribution in [2.45, 2.75) is 52.2 Å². The van der Waals surface area contributed by atoms with E-state index in [1.165, 1.54) is 4.90 Å². The van der Waals surface area contributed by atoms with Crippen molar-refractivity contribution in [2.24, 2.45) is 0 Å². The lowest BCUT2D eigenvalue weighted by Crippen LogP contribution is -2.46. The summed E-state index contributed by atoms with van der Waals surface area (Å²) >= 11 is 0. The summed E-state index contributed by atoms with van der Waals surface area (Å²) in [5, 5.41) is 7.54. The first kappa shape index (κ1) is 28.3. The SMILES string of the molecule is C#Cc1ccc(C(C(=O)Nc2ccc3ccccc3c2)N(CCCC)C(=O)CNC(=O)OC(C)(C)C)cc1. The Hall–Kier alpha value is -4.31. The number of ether oxygens (including phenoxy) is 1. The van der Waals surface area contributed by atoms with Gasteiger partial charge in [-0.1, -0.05) is 61.7 Å². The molecule has 38 heavy (non-hydrogen) atoms. The van der Waals surface area contributed by atoms with Gasteiger partial charge in [0, 0.05) is 17.8 Å². The maximum Gasteiger partial charge on any atom is 0.408 e. The molecule has 0 aliphatic rings. The summed E-state index contributed by atoms with van der Waals surface area (Å²) in [5.74, 6) is 1.81. The highest BCUT2D eigenvalue weighted by Gasteiger charge is 2.31. The number of nitrogens with zero attached hydrogens (tertiary/aromatic N) is 1. The normalized spacial score (nSPS) is 11.8. The predicted molar refractivity (Wildman–Crippen MR) is 151 cm³/mol. The number of carbonyl (C=O) groups is 3. The Kier molecular flexibility index (Phi) is 9.50. The number of unbranched alkanes of at least 4 members (excludes halogenated alkanes) is 1. The highest BCUT2D eigenvalue weighted by atomic mass is 16.6. The number of rotatable bonds is 9. The monoisotopic (exact) mass is 513 g/mol. The van der Waals surface area contributed by atoms with Gasteiger partial charge in [-0.2, -0.15) is 0 Å². The third kappa shape index (κ3) is 7.84. The van der Waals surface area contributed by atoms with Gasteiger partial charge in [-0.05, 0) is 67.8 Å². The lowest BCUT2D eigenvalue weighted by molar-refractivity contribution is -0.138. The molecular formula is C31H35N3O4. The van der Waals surface area contributed by atoms with Crippen LogP contribution in [0.25, 0.3) is 10.8 Å². The number of hydrogen-bond donors (Lipinski definition) is 2. The van der Waals surface area contributed by atoms with Gasteiger partial charge in [-0.15, -0.1) is 6.42 Å². The van der Waals surface area contributed by atoms with Crippen molar-refractivity contribution >= 4 is 34.4 Å². The molecule has 0 spiro atoms. The molecule has 1 atom stereocenters. The van der Waals surface area contributed by atoms with Gasteiger partial charge in [0.25, 0.3) is 5.91 Å². The third-order valence-electron chi connectivity index (χ3n) is 5.83. The van der Waals surface area contributed by atoms with E-state index in [-0.39, 0.29) is 12.5 Å². The number of alkyl carbamates (subject to hydrolysis) is 1. The van der Waals surface area contributed by atoms with Gasteiger partial charge in [0.05, 0.1) is 0 Å². The van der Waals surface area contributed by atoms with Crippen LogP contribution in [0.2, 0.25) is 0 Å². The lowest BCUT2D eigenvalue weighted by Gasteiger charge is -2.32. The average molecular weight is 514 g/mol. The number of hydrogen-bond acceptors (Lipinski definition) is 4. The van der Waals surface area contributed by atoms with E-state index in [1.54, 1.807) is 45.0 Å². The van der Waals surface area contributed by atoms with Crippen LogP contribution in [-0.4, -0.2) is 41.5 Å². The second-order valence-electron chi connectivity index (χ2n) is 10.0. The number of terminal acetylenes is 1. The van der Waals surface area contributed by atoms with Crippen molar-refractivity contribution in [1.82, 2.24) is 10.2 Å². The molecule has 0 aliphatic carbocycles. The Morgan fingerprint density at radius 2 is 1.68 bits per heavy atom. The minimum absolute atomic E-state index is 0.305. The number of nitrogens with one attached hydrogen (secondary N) is 2. The van der Waals surface area contributed by atoms with Crippen molar-refractivity contribution in [2.75, 3.05) is 18.4 Å². The summed E-state index contributed by atoms with van der Waals surface area (Å²) in [6.45, 7) is 7.27. The van der Waals surface area contributed by atoms with Crippen LogP contribution in [-0.2, 0) is 14.3 Å². The number of benzene rings is 3. The van der Waals surface area contributed by atoms with Gasteiger partial charge >= 0.3 is 6.09 Å². The fourth-order valence-electron chi connectivity index (χ4n) is 4.00. The Morgan fingerprint density at radius 3 is 2.32 bits per heavy atom. The molecule has 2 N–H and O–H groups in total. The van der Waals surface area contributed by atoms with Crippen molar-refractivity contribution < 1.29 is 19.1 Å². The van der Waals surface area contributed by atoms with Crippen LogP contribution in [0.5, 0.6) is 0 Å². The third-order valence-corrected chi connectivity index (χ3v) is 5.83. The smallest absolute Gasteiger partial charge is 0.408 e. The van der Waals surface area contributed by atoms with Crippen molar-refractivity contribution in [1.29, 1.82) is 0 Å². The molecule has 3 aromatic rings. The molecule has 0 radical (unpaired) electrons. The van der Waals surface area contributed by atoms with Crippen LogP contribution < -0.4 is 10.6 Å². The lowest BCUT2D eigenvalue weighted by atomic mass is 10.0. The quantitative estimate of drug-likeness (QED) is 0.362. The standard InChI is InChI=1S/C31H35N3O4/c1-6-8-19-34(27(35)21-32-30(37)38-31(3,4)5)28(24-15-13-22(7-2)14-16-24)29(36)33-26-18-17-23-11-9-10-12-25(23)20-26/h2,9-18,20,28H,6,8,19,21H2,1,3-5H3,(H,32,37)(H,33,36). The van der Waals surface area contributed by atoms with E-state index in [0.717, 1.165) is 17.2 Å². The summed E-state index contributed by atoms with van der Waals surface area (Å²) in [6, 6.07) is 19.6. The van der Waals surface area contributed by atoms with E-state index in [0.29, 0.717) is 29.8 Å². The number of fused-ring (bicyclic) bond motifs is 1. The fourth-order valence-corrected chi connectivity index (χ4v) is 4.00. The van der Waals surface area contributed by atoms with E-state index < -0.39 is 23.6 Å². The highest BCUT2D eigenvalue weighted by molar-refractivity contribution is 6.00. The minimum atomic E-state index is -0.937. The molecule has 0 fully saturated rings. The average Bonchev–Trinajstić information content (AvgIpc) is 2.88. The molecule has 0 bridgehead atoms. The Labute approximate surface area is 224 Å². The molecule has 0 aliphatic heterocycles. The molecule has 0 heterocycles. The van der Waals surface area contributed by atoms with Crippen LogP contribution in [0.15, 0.2) is 66.7 Å². The van der Waals surface area contributed by atoms with Crippen LogP contribution in [0.4, 0.5) is 10.5 Å². The topological polar surface area (TPSA) is 87.7 Å². The first-order chi connectivity index (χ1) is 18.1. The summed E-state index contributed by atoms with van der Waals surface area (Å²) in [4.78, 5) is 40.9. The molecule has 1 unspecified atom stereocenters. The molecule has 0 aromatic heterocycles. The summed E-state index contributed by atoms with van der Waals surface area (Å²) in [7, 11) is 0. The van der Waals surface area contributed by atoms with Gasteiger partial charge in [-0.3, -0.25) is 9.59 Å². The minimum Gasteiger partial charge on any atom is -0.444 e. The molecule has 3 aromatic carbocycles. The van der Waals surface area contributed by atoms with Crippen molar-refractivity contribution in [3.8, 4) is 12.3 Å². The fraction of sp³-hybridized carbons (Fsp3) is 0.323. The van der Waals surface area contributed by atoms with Crippen LogP contribution in [0.3, 0.4) is 0 Å². The van der Waals surface area contributed by atoms with Crippen LogP contribution >= 0.6 is 0 Å². The van der Waals surface area contributed by atoms with Gasteiger partial charge in [0.15, 0.2) is 0 Å². The first-order valence-electron chi connectivity index (χ1n) is 12.7. The number of amides is 3. The zero-order valence-electron chi connectivity index (χ0n) is 22.4. The summed E-state index contributed by atoms with van der Waals surface area (Å²) in [6.07, 6.45) is 6.32. The zero-order chi connectivity index (χ0) is 27.7. The second-order valence-corrected chi connectivity index (χ2v) is 10.0. The molecule has 0 saturated carbocycles. The second kappa shape index (κ2) is 12.8. The van der Waals surface area contributed by atoms with E-state index >= 15 is 0 Å². The van der Waals surface area contributed by atoms with E-state index in [1.807, 2.05) is 49.4 Å². The molecule has 3 rings (SSSR count). The van der Waals surface area contributed by atoms with Gasteiger partial charge in [-0.25, -0.2) is 4.79 Å². The number of carbonyl (C=O) groups excluding carboxylic acids is 3. The molecular weight excluding hydrogens is 478 g/mol. The molecule has 0 saturated heterocycles. The van der Waals surface area contributed by atoms with E-state index in [4.69, 9.17) is 11.2 Å². The Morgan fingerprint density at radius 1 is 1.00 bits per heavy atom. The predicted octanol–water partition coefficient (Wildman–Crippen LogP) is 5.65. The van der Waals surface area contributed by atoms with Crippen molar-refractivity contribution in [3.63, 3.8) is 0 Å². The van der Waals surface area contributed by atoms with Gasteiger partial charge in [0.1, 0.15) is 18.2 Å². The maximum atomic E-state index is 13.8. The maximum absolute atomic E-state index is 13.8. The first-order valence-corrected chi connectivity index (χ1v) is 12.7. The Balaban J connectivity index is 1.91. The summed E-state index contributed by atoms with van der Waals surface area (Å²) in [5.41, 5.74) is 1.20. The van der Waals surface area contributed by atoms with E-state index in [9.17, 15) is 14.4 Å². The zero-order valence-corrected chi connectivity index (χ0v) is 22.4. The summed E-state index contributed by atoms with van der Waals surface area (Å²) < 4.78 is 5.26. The molecule has 7 nitrogen and oxygen atoms in total. The molecule has 3 amide bonds. The van der Waals surface area contributed by atoms with E-state index in [2.05, 4.69) is 16.6 Å². The largest absolute Gasteiger partial charge is 0.444 e. The van der Waals surface area contributed by atoms with Gasteiger partial charge in [0.2, 0.25) is 5.91 Å². The van der Waals surface area contributed by atoms with Crippen LogP contribution in [0.1, 0.15) is 57.7 Å².